The van der Waals surface area contributed by atoms with Crippen molar-refractivity contribution in [1.82, 2.24) is 0 Å². The van der Waals surface area contributed by atoms with Gasteiger partial charge < -0.3 is 9.84 Å². The molecular formula is C14H22O2. The van der Waals surface area contributed by atoms with E-state index in [2.05, 4.69) is 13.8 Å². The van der Waals surface area contributed by atoms with Gasteiger partial charge in [-0.05, 0) is 30.5 Å². The van der Waals surface area contributed by atoms with Gasteiger partial charge in [0.1, 0.15) is 5.75 Å². The van der Waals surface area contributed by atoms with Crippen LogP contribution in [-0.4, -0.2) is 17.8 Å². The third kappa shape index (κ3) is 3.24. The zero-order chi connectivity index (χ0) is 12.2. The third-order valence-corrected chi connectivity index (χ3v) is 3.40. The fourth-order valence-electron chi connectivity index (χ4n) is 1.77. The largest absolute Gasteiger partial charge is 0.497 e. The van der Waals surface area contributed by atoms with E-state index in [0.717, 1.165) is 17.7 Å². The van der Waals surface area contributed by atoms with Crippen LogP contribution in [0, 0.1) is 5.92 Å². The molecule has 1 aromatic rings. The first kappa shape index (κ1) is 13.0. The highest BCUT2D eigenvalue weighted by molar-refractivity contribution is 5.28. The molecular weight excluding hydrogens is 200 g/mol. The van der Waals surface area contributed by atoms with Gasteiger partial charge in [0.15, 0.2) is 0 Å². The molecule has 1 rings (SSSR count). The van der Waals surface area contributed by atoms with Crippen molar-refractivity contribution in [3.63, 3.8) is 0 Å². The molecule has 2 heteroatoms. The van der Waals surface area contributed by atoms with Gasteiger partial charge in [-0.1, -0.05) is 32.4 Å². The van der Waals surface area contributed by atoms with E-state index in [9.17, 15) is 5.11 Å². The molecule has 2 unspecified atom stereocenters. The molecule has 1 aromatic carbocycles. The van der Waals surface area contributed by atoms with Gasteiger partial charge in [-0.15, -0.1) is 0 Å². The Balaban J connectivity index is 2.72. The van der Waals surface area contributed by atoms with Crippen LogP contribution in [0.4, 0.5) is 0 Å². The van der Waals surface area contributed by atoms with E-state index in [1.165, 1.54) is 0 Å². The quantitative estimate of drug-likeness (QED) is 0.829. The van der Waals surface area contributed by atoms with Crippen LogP contribution in [0.15, 0.2) is 24.3 Å². The minimum absolute atomic E-state index is 0.301. The smallest absolute Gasteiger partial charge is 0.118 e. The van der Waals surface area contributed by atoms with Crippen LogP contribution in [0.1, 0.15) is 32.8 Å². The SMILES string of the molecule is CCC(C)C(C)(O)Cc1ccc(OC)cc1. The lowest BCUT2D eigenvalue weighted by atomic mass is 9.83. The van der Waals surface area contributed by atoms with Crippen LogP contribution < -0.4 is 4.74 Å². The van der Waals surface area contributed by atoms with E-state index in [4.69, 9.17) is 4.74 Å². The van der Waals surface area contributed by atoms with Crippen molar-refractivity contribution in [2.75, 3.05) is 7.11 Å². The summed E-state index contributed by atoms with van der Waals surface area (Å²) in [6, 6.07) is 7.88. The molecule has 0 bridgehead atoms. The van der Waals surface area contributed by atoms with Gasteiger partial charge in [-0.2, -0.15) is 0 Å². The van der Waals surface area contributed by atoms with E-state index >= 15 is 0 Å². The highest BCUT2D eigenvalue weighted by atomic mass is 16.5. The molecule has 1 N–H and O–H groups in total. The van der Waals surface area contributed by atoms with Crippen molar-refractivity contribution in [3.05, 3.63) is 29.8 Å². The van der Waals surface area contributed by atoms with Gasteiger partial charge in [-0.25, -0.2) is 0 Å². The second-order valence-corrected chi connectivity index (χ2v) is 4.69. The Morgan fingerprint density at radius 3 is 2.31 bits per heavy atom. The zero-order valence-electron chi connectivity index (χ0n) is 10.7. The fraction of sp³-hybridized carbons (Fsp3) is 0.571. The molecule has 0 saturated carbocycles. The van der Waals surface area contributed by atoms with Crippen LogP contribution in [0.3, 0.4) is 0 Å². The van der Waals surface area contributed by atoms with Gasteiger partial charge >= 0.3 is 0 Å². The van der Waals surface area contributed by atoms with Crippen molar-refractivity contribution < 1.29 is 9.84 Å². The Morgan fingerprint density at radius 1 is 1.31 bits per heavy atom. The van der Waals surface area contributed by atoms with Gasteiger partial charge in [0.2, 0.25) is 0 Å². The lowest BCUT2D eigenvalue weighted by Gasteiger charge is -2.29. The maximum atomic E-state index is 10.3. The summed E-state index contributed by atoms with van der Waals surface area (Å²) < 4.78 is 5.11. The Morgan fingerprint density at radius 2 is 1.88 bits per heavy atom. The highest BCUT2D eigenvalue weighted by Crippen LogP contribution is 2.25. The third-order valence-electron chi connectivity index (χ3n) is 3.40. The molecule has 90 valence electrons. The Kier molecular flexibility index (Phi) is 4.36. The van der Waals surface area contributed by atoms with Gasteiger partial charge in [-0.3, -0.25) is 0 Å². The molecule has 0 spiro atoms. The van der Waals surface area contributed by atoms with E-state index in [1.807, 2.05) is 31.2 Å². The first-order chi connectivity index (χ1) is 7.49. The Hall–Kier alpha value is -1.02. The van der Waals surface area contributed by atoms with Crippen molar-refractivity contribution in [1.29, 1.82) is 0 Å². The minimum atomic E-state index is -0.636. The van der Waals surface area contributed by atoms with Gasteiger partial charge in [0.05, 0.1) is 12.7 Å². The fourth-order valence-corrected chi connectivity index (χ4v) is 1.77. The molecule has 0 radical (unpaired) electrons. The summed E-state index contributed by atoms with van der Waals surface area (Å²) in [5.74, 6) is 1.15. The van der Waals surface area contributed by atoms with Crippen molar-refractivity contribution in [2.24, 2.45) is 5.92 Å². The lowest BCUT2D eigenvalue weighted by molar-refractivity contribution is 0.00516. The highest BCUT2D eigenvalue weighted by Gasteiger charge is 2.26. The maximum Gasteiger partial charge on any atom is 0.118 e. The number of methoxy groups -OCH3 is 1. The van der Waals surface area contributed by atoms with Crippen LogP contribution in [0.25, 0.3) is 0 Å². The number of rotatable bonds is 5. The number of benzene rings is 1. The predicted octanol–water partition coefficient (Wildman–Crippen LogP) is 3.03. The topological polar surface area (TPSA) is 29.5 Å². The maximum absolute atomic E-state index is 10.3. The zero-order valence-corrected chi connectivity index (χ0v) is 10.7. The number of hydrogen-bond acceptors (Lipinski definition) is 2. The van der Waals surface area contributed by atoms with E-state index in [-0.39, 0.29) is 0 Å². The number of ether oxygens (including phenoxy) is 1. The monoisotopic (exact) mass is 222 g/mol. The summed E-state index contributed by atoms with van der Waals surface area (Å²) in [7, 11) is 1.66. The van der Waals surface area contributed by atoms with Crippen molar-refractivity contribution >= 4 is 0 Å². The molecule has 0 amide bonds. The second kappa shape index (κ2) is 5.35. The standard InChI is InChI=1S/C14H22O2/c1-5-11(2)14(3,15)10-12-6-8-13(16-4)9-7-12/h6-9,11,15H,5,10H2,1-4H3. The molecule has 0 saturated heterocycles. The number of hydrogen-bond donors (Lipinski definition) is 1. The summed E-state index contributed by atoms with van der Waals surface area (Å²) >= 11 is 0. The Labute approximate surface area is 98.3 Å². The van der Waals surface area contributed by atoms with Crippen LogP contribution in [0.2, 0.25) is 0 Å². The Bertz CT molecular complexity index is 314. The van der Waals surface area contributed by atoms with E-state index in [0.29, 0.717) is 12.3 Å². The predicted molar refractivity (Wildman–Crippen MR) is 66.8 cm³/mol. The molecule has 2 nitrogen and oxygen atoms in total. The van der Waals surface area contributed by atoms with Gasteiger partial charge in [0.25, 0.3) is 0 Å². The molecule has 0 heterocycles. The van der Waals surface area contributed by atoms with Crippen LogP contribution in [-0.2, 0) is 6.42 Å². The summed E-state index contributed by atoms with van der Waals surface area (Å²) in [6.07, 6.45) is 1.68. The van der Waals surface area contributed by atoms with E-state index in [1.54, 1.807) is 7.11 Å². The molecule has 2 atom stereocenters. The summed E-state index contributed by atoms with van der Waals surface area (Å²) in [5, 5.41) is 10.3. The van der Waals surface area contributed by atoms with Crippen molar-refractivity contribution in [3.8, 4) is 5.75 Å². The second-order valence-electron chi connectivity index (χ2n) is 4.69. The first-order valence-corrected chi connectivity index (χ1v) is 5.85. The van der Waals surface area contributed by atoms with Crippen molar-refractivity contribution in [2.45, 2.75) is 39.2 Å². The molecule has 0 aliphatic heterocycles. The first-order valence-electron chi connectivity index (χ1n) is 5.85. The van der Waals surface area contributed by atoms with Crippen LogP contribution in [0.5, 0.6) is 5.75 Å². The minimum Gasteiger partial charge on any atom is -0.497 e. The number of aliphatic hydroxyl groups is 1. The molecule has 16 heavy (non-hydrogen) atoms. The summed E-state index contributed by atoms with van der Waals surface area (Å²) in [6.45, 7) is 6.10. The summed E-state index contributed by atoms with van der Waals surface area (Å²) in [5.41, 5.74) is 0.509. The molecule has 0 aliphatic rings. The summed E-state index contributed by atoms with van der Waals surface area (Å²) in [4.78, 5) is 0. The van der Waals surface area contributed by atoms with Crippen LogP contribution >= 0.6 is 0 Å². The molecule has 0 aliphatic carbocycles. The average Bonchev–Trinajstić information content (AvgIpc) is 2.28. The lowest BCUT2D eigenvalue weighted by Crippen LogP contribution is -2.34. The molecule has 0 fully saturated rings. The molecule has 0 aromatic heterocycles. The van der Waals surface area contributed by atoms with Gasteiger partial charge in [0, 0.05) is 6.42 Å². The van der Waals surface area contributed by atoms with E-state index < -0.39 is 5.60 Å². The average molecular weight is 222 g/mol. The normalized spacial score (nSPS) is 16.6.